The maximum Gasteiger partial charge on any atom is 0.164 e. The molecule has 12 rings (SSSR count). The molecule has 5 heteroatoms. The Morgan fingerprint density at radius 2 is 1.07 bits per heavy atom. The van der Waals surface area contributed by atoms with Crippen molar-refractivity contribution in [3.05, 3.63) is 204 Å². The summed E-state index contributed by atoms with van der Waals surface area (Å²) in [6.45, 7) is 0. The van der Waals surface area contributed by atoms with E-state index in [-0.39, 0.29) is 0 Å². The van der Waals surface area contributed by atoms with E-state index in [2.05, 4.69) is 176 Å². The lowest BCUT2D eigenvalue weighted by molar-refractivity contribution is 0.436. The van der Waals surface area contributed by atoms with Crippen molar-refractivity contribution in [2.45, 2.75) is 18.3 Å². The molecule has 0 bridgehead atoms. The van der Waals surface area contributed by atoms with Gasteiger partial charge < -0.3 is 4.74 Å². The van der Waals surface area contributed by atoms with Crippen molar-refractivity contribution in [1.82, 2.24) is 15.0 Å². The molecule has 0 atom stereocenters. The van der Waals surface area contributed by atoms with Crippen molar-refractivity contribution < 1.29 is 4.74 Å². The van der Waals surface area contributed by atoms with Crippen LogP contribution in [-0.4, -0.2) is 15.0 Å². The Kier molecular flexibility index (Phi) is 7.10. The third-order valence-electron chi connectivity index (χ3n) is 11.9. The van der Waals surface area contributed by atoms with Crippen molar-refractivity contribution in [3.63, 3.8) is 0 Å². The fourth-order valence-electron chi connectivity index (χ4n) is 9.26. The fraction of sp³-hybridized carbons (Fsp3) is 0.0577. The Morgan fingerprint density at radius 3 is 1.86 bits per heavy atom. The van der Waals surface area contributed by atoms with Crippen LogP contribution in [0.5, 0.6) is 11.5 Å². The molecule has 2 aromatic heterocycles. The molecule has 268 valence electrons. The predicted octanol–water partition coefficient (Wildman–Crippen LogP) is 13.4. The SMILES string of the molecule is C1=CC(c2nc(-c3ccc(-c4ccc5c(c4)Oc4ccccc4C54c5ccccc5-c5ccccc54)cc3)nc(-c3ccc4c(c3)sc3ccccc34)n2)=CCC1. The summed E-state index contributed by atoms with van der Waals surface area (Å²) in [6.07, 6.45) is 8.56. The highest BCUT2D eigenvalue weighted by Gasteiger charge is 2.50. The van der Waals surface area contributed by atoms with Crippen molar-refractivity contribution in [2.24, 2.45) is 0 Å². The van der Waals surface area contributed by atoms with Gasteiger partial charge in [-0.25, -0.2) is 15.0 Å². The normalized spacial score (nSPS) is 14.5. The zero-order valence-electron chi connectivity index (χ0n) is 30.8. The highest BCUT2D eigenvalue weighted by molar-refractivity contribution is 7.25. The molecule has 2 aliphatic carbocycles. The maximum absolute atomic E-state index is 6.78. The molecular formula is C52H33N3OS. The van der Waals surface area contributed by atoms with Gasteiger partial charge >= 0.3 is 0 Å². The van der Waals surface area contributed by atoms with E-state index in [0.717, 1.165) is 57.7 Å². The van der Waals surface area contributed by atoms with Crippen LogP contribution in [0.1, 0.15) is 40.9 Å². The van der Waals surface area contributed by atoms with Crippen LogP contribution in [0, 0.1) is 0 Å². The van der Waals surface area contributed by atoms with Crippen LogP contribution >= 0.6 is 11.3 Å². The lowest BCUT2D eigenvalue weighted by Crippen LogP contribution is -2.32. The van der Waals surface area contributed by atoms with Gasteiger partial charge in [-0.15, -0.1) is 11.3 Å². The molecule has 9 aromatic rings. The number of hydrogen-bond acceptors (Lipinski definition) is 5. The number of rotatable bonds is 4. The maximum atomic E-state index is 6.78. The number of hydrogen-bond donors (Lipinski definition) is 0. The standard InChI is InChI=1S/C52H33N3OS/c1-2-12-33(13-3-1)49-53-50(55-51(54-49)36-26-28-40-39-16-6-11-21-47(39)57-48(40)31-36)34-24-22-32(23-25-34)35-27-29-44-46(30-35)56-45-20-10-9-19-43(45)52(44)41-17-7-4-14-37(41)38-15-5-8-18-42(38)52/h2,4-31H,1,3H2. The Morgan fingerprint density at radius 1 is 0.456 bits per heavy atom. The number of para-hydroxylation sites is 1. The first-order valence-corrected chi connectivity index (χ1v) is 20.3. The number of allylic oxidation sites excluding steroid dienone is 4. The van der Waals surface area contributed by atoms with Crippen LogP contribution in [0.4, 0.5) is 0 Å². The molecule has 3 heterocycles. The van der Waals surface area contributed by atoms with Gasteiger partial charge in [0.05, 0.1) is 5.41 Å². The van der Waals surface area contributed by atoms with Crippen molar-refractivity contribution >= 4 is 37.1 Å². The molecule has 7 aromatic carbocycles. The van der Waals surface area contributed by atoms with Crippen molar-refractivity contribution in [3.8, 4) is 56.5 Å². The van der Waals surface area contributed by atoms with Gasteiger partial charge in [0.2, 0.25) is 0 Å². The average Bonchev–Trinajstić information content (AvgIpc) is 3.80. The molecule has 0 unspecified atom stereocenters. The van der Waals surface area contributed by atoms with Gasteiger partial charge in [-0.3, -0.25) is 0 Å². The summed E-state index contributed by atoms with van der Waals surface area (Å²) >= 11 is 1.80. The van der Waals surface area contributed by atoms with Gasteiger partial charge in [0.15, 0.2) is 17.5 Å². The first-order valence-electron chi connectivity index (χ1n) is 19.5. The van der Waals surface area contributed by atoms with Crippen LogP contribution in [0.3, 0.4) is 0 Å². The quantitative estimate of drug-likeness (QED) is 0.180. The number of fused-ring (bicyclic) bond motifs is 12. The van der Waals surface area contributed by atoms with Crippen LogP contribution in [0.25, 0.3) is 70.8 Å². The van der Waals surface area contributed by atoms with Gasteiger partial charge in [0.1, 0.15) is 11.5 Å². The summed E-state index contributed by atoms with van der Waals surface area (Å²) in [6, 6.07) is 56.6. The van der Waals surface area contributed by atoms with E-state index in [1.54, 1.807) is 11.3 Å². The van der Waals surface area contributed by atoms with Crippen LogP contribution in [0.15, 0.2) is 176 Å². The summed E-state index contributed by atoms with van der Waals surface area (Å²) in [7, 11) is 0. The predicted molar refractivity (Wildman–Crippen MR) is 233 cm³/mol. The number of thiophene rings is 1. The molecule has 57 heavy (non-hydrogen) atoms. The Labute approximate surface area is 334 Å². The second-order valence-corrected chi connectivity index (χ2v) is 16.1. The third-order valence-corrected chi connectivity index (χ3v) is 13.0. The summed E-state index contributed by atoms with van der Waals surface area (Å²) in [4.78, 5) is 15.2. The number of nitrogens with zero attached hydrogens (tertiary/aromatic N) is 3. The summed E-state index contributed by atoms with van der Waals surface area (Å²) in [5.74, 6) is 3.79. The minimum absolute atomic E-state index is 0.474. The van der Waals surface area contributed by atoms with Crippen molar-refractivity contribution in [1.29, 1.82) is 0 Å². The minimum Gasteiger partial charge on any atom is -0.457 e. The molecule has 1 aliphatic heterocycles. The number of aromatic nitrogens is 3. The molecule has 0 N–H and O–H groups in total. The van der Waals surface area contributed by atoms with E-state index in [9.17, 15) is 0 Å². The van der Waals surface area contributed by atoms with Crippen LogP contribution in [-0.2, 0) is 5.41 Å². The smallest absolute Gasteiger partial charge is 0.164 e. The first kappa shape index (κ1) is 32.3. The molecule has 0 amide bonds. The summed E-state index contributed by atoms with van der Waals surface area (Å²) < 4.78 is 9.29. The summed E-state index contributed by atoms with van der Waals surface area (Å²) in [5, 5.41) is 2.54. The highest BCUT2D eigenvalue weighted by Crippen LogP contribution is 2.62. The molecule has 3 aliphatic rings. The minimum atomic E-state index is -0.474. The van der Waals surface area contributed by atoms with Crippen molar-refractivity contribution in [2.75, 3.05) is 0 Å². The lowest BCUT2D eigenvalue weighted by Gasteiger charge is -2.39. The molecule has 4 nitrogen and oxygen atoms in total. The lowest BCUT2D eigenvalue weighted by atomic mass is 9.66. The molecule has 0 saturated heterocycles. The highest BCUT2D eigenvalue weighted by atomic mass is 32.1. The van der Waals surface area contributed by atoms with E-state index in [0.29, 0.717) is 17.5 Å². The second kappa shape index (κ2) is 12.5. The van der Waals surface area contributed by atoms with Gasteiger partial charge in [0.25, 0.3) is 0 Å². The van der Waals surface area contributed by atoms with Gasteiger partial charge in [-0.05, 0) is 70.5 Å². The zero-order valence-corrected chi connectivity index (χ0v) is 31.6. The Hall–Kier alpha value is -6.95. The van der Waals surface area contributed by atoms with Crippen LogP contribution < -0.4 is 4.74 Å². The van der Waals surface area contributed by atoms with E-state index in [1.165, 1.54) is 48.0 Å². The van der Waals surface area contributed by atoms with E-state index in [1.807, 2.05) is 0 Å². The van der Waals surface area contributed by atoms with E-state index < -0.39 is 5.41 Å². The summed E-state index contributed by atoms with van der Waals surface area (Å²) in [5.41, 5.74) is 12.1. The van der Waals surface area contributed by atoms with Crippen LogP contribution in [0.2, 0.25) is 0 Å². The first-order chi connectivity index (χ1) is 28.2. The Bertz CT molecular complexity index is 3130. The topological polar surface area (TPSA) is 47.9 Å². The molecule has 0 radical (unpaired) electrons. The number of benzene rings is 7. The molecular weight excluding hydrogens is 715 g/mol. The molecule has 0 fully saturated rings. The average molecular weight is 748 g/mol. The fourth-order valence-corrected chi connectivity index (χ4v) is 10.4. The largest absolute Gasteiger partial charge is 0.457 e. The monoisotopic (exact) mass is 747 g/mol. The van der Waals surface area contributed by atoms with Gasteiger partial charge in [-0.2, -0.15) is 0 Å². The van der Waals surface area contributed by atoms with E-state index in [4.69, 9.17) is 19.7 Å². The van der Waals surface area contributed by atoms with Gasteiger partial charge in [0, 0.05) is 48.0 Å². The van der Waals surface area contributed by atoms with Gasteiger partial charge in [-0.1, -0.05) is 152 Å². The molecule has 0 saturated carbocycles. The van der Waals surface area contributed by atoms with E-state index >= 15 is 0 Å². The Balaban J connectivity index is 0.949. The molecule has 1 spiro atoms. The second-order valence-electron chi connectivity index (χ2n) is 15.0. The zero-order chi connectivity index (χ0) is 37.5. The number of ether oxygens (including phenoxy) is 1. The third kappa shape index (κ3) is 4.89.